The summed E-state index contributed by atoms with van der Waals surface area (Å²) in [6, 6.07) is 6.38. The van der Waals surface area contributed by atoms with Crippen LogP contribution in [0.4, 0.5) is 10.5 Å². The molecule has 0 unspecified atom stereocenters. The molecule has 0 saturated heterocycles. The molecular formula is C19H23N7O4. The summed E-state index contributed by atoms with van der Waals surface area (Å²) in [4.78, 5) is 26.4. The van der Waals surface area contributed by atoms with Crippen molar-refractivity contribution in [2.24, 2.45) is 0 Å². The molecular weight excluding hydrogens is 390 g/mol. The molecule has 30 heavy (non-hydrogen) atoms. The quantitative estimate of drug-likeness (QED) is 0.797. The number of ether oxygens (including phenoxy) is 2. The van der Waals surface area contributed by atoms with Gasteiger partial charge in [0.15, 0.2) is 5.82 Å². The largest absolute Gasteiger partial charge is 0.489 e. The van der Waals surface area contributed by atoms with Crippen molar-refractivity contribution < 1.29 is 19.1 Å². The van der Waals surface area contributed by atoms with Gasteiger partial charge in [0, 0.05) is 12.6 Å². The fourth-order valence-corrected chi connectivity index (χ4v) is 2.91. The van der Waals surface area contributed by atoms with E-state index in [-0.39, 0.29) is 18.9 Å². The van der Waals surface area contributed by atoms with Crippen molar-refractivity contribution in [2.45, 2.75) is 45.4 Å². The number of anilines is 1. The van der Waals surface area contributed by atoms with E-state index in [1.165, 1.54) is 9.58 Å². The molecule has 1 aliphatic heterocycles. The van der Waals surface area contributed by atoms with E-state index in [0.717, 1.165) is 0 Å². The smallest absolute Gasteiger partial charge is 0.408 e. The van der Waals surface area contributed by atoms with Crippen LogP contribution in [-0.4, -0.2) is 57.5 Å². The maximum Gasteiger partial charge on any atom is 0.408 e. The van der Waals surface area contributed by atoms with E-state index in [1.54, 1.807) is 46.0 Å². The second kappa shape index (κ2) is 8.36. The number of alkyl carbamates (subject to hydrolysis) is 1. The minimum Gasteiger partial charge on any atom is -0.489 e. The Kier molecular flexibility index (Phi) is 5.86. The zero-order valence-corrected chi connectivity index (χ0v) is 17.2. The number of amides is 2. The first-order chi connectivity index (χ1) is 14.2. The zero-order valence-electron chi connectivity index (χ0n) is 17.2. The highest BCUT2D eigenvalue weighted by atomic mass is 16.6. The number of carbonyl (C=O) groups excluding carboxylic acids is 2. The van der Waals surface area contributed by atoms with Gasteiger partial charge in [0.1, 0.15) is 24.0 Å². The number of fused-ring (bicyclic) bond motifs is 1. The normalized spacial score (nSPS) is 16.2. The first kappa shape index (κ1) is 21.0. The number of hydrogen-bond acceptors (Lipinski definition) is 8. The molecule has 0 saturated carbocycles. The Morgan fingerprint density at radius 2 is 2.20 bits per heavy atom. The Balaban J connectivity index is 1.83. The lowest BCUT2D eigenvalue weighted by Crippen LogP contribution is -2.50. The number of nitriles is 1. The second-order valence-electron chi connectivity index (χ2n) is 7.72. The van der Waals surface area contributed by atoms with Gasteiger partial charge in [-0.3, -0.25) is 4.79 Å². The van der Waals surface area contributed by atoms with Crippen LogP contribution >= 0.6 is 0 Å². The van der Waals surface area contributed by atoms with E-state index >= 15 is 0 Å². The van der Waals surface area contributed by atoms with Crippen LogP contribution in [0, 0.1) is 11.3 Å². The number of tetrazole rings is 1. The monoisotopic (exact) mass is 413 g/mol. The second-order valence-corrected chi connectivity index (χ2v) is 7.72. The zero-order chi connectivity index (χ0) is 21.9. The first-order valence-electron chi connectivity index (χ1n) is 9.37. The molecule has 1 atom stereocenters. The Bertz CT molecular complexity index is 989. The molecule has 3 rings (SSSR count). The van der Waals surface area contributed by atoms with Crippen molar-refractivity contribution in [3.05, 3.63) is 18.2 Å². The third-order valence-corrected chi connectivity index (χ3v) is 4.27. The lowest BCUT2D eigenvalue weighted by molar-refractivity contribution is -0.120. The number of aromatic nitrogens is 4. The topological polar surface area (TPSA) is 135 Å². The summed E-state index contributed by atoms with van der Waals surface area (Å²) in [5.74, 6) is 0.613. The molecule has 2 amide bonds. The van der Waals surface area contributed by atoms with Crippen LogP contribution in [0.1, 0.15) is 27.2 Å². The van der Waals surface area contributed by atoms with Crippen molar-refractivity contribution >= 4 is 17.7 Å². The van der Waals surface area contributed by atoms with Crippen molar-refractivity contribution in [1.29, 1.82) is 5.26 Å². The third-order valence-electron chi connectivity index (χ3n) is 4.27. The van der Waals surface area contributed by atoms with Gasteiger partial charge >= 0.3 is 6.09 Å². The van der Waals surface area contributed by atoms with E-state index < -0.39 is 17.7 Å². The molecule has 1 N–H and O–H groups in total. The van der Waals surface area contributed by atoms with E-state index in [2.05, 4.69) is 26.9 Å². The molecule has 2 heterocycles. The van der Waals surface area contributed by atoms with Gasteiger partial charge in [-0.1, -0.05) is 0 Å². The number of hydrogen-bond donors (Lipinski definition) is 1. The summed E-state index contributed by atoms with van der Waals surface area (Å²) in [6.07, 6.45) is -0.427. The molecule has 11 heteroatoms. The molecule has 11 nitrogen and oxygen atoms in total. The average Bonchev–Trinajstić information content (AvgIpc) is 3.11. The van der Waals surface area contributed by atoms with E-state index in [0.29, 0.717) is 29.4 Å². The fraction of sp³-hybridized carbons (Fsp3) is 0.474. The summed E-state index contributed by atoms with van der Waals surface area (Å²) >= 11 is 0. The highest BCUT2D eigenvalue weighted by Gasteiger charge is 2.32. The van der Waals surface area contributed by atoms with Crippen LogP contribution in [-0.2, 0) is 16.1 Å². The summed E-state index contributed by atoms with van der Waals surface area (Å²) in [5, 5.41) is 22.9. The van der Waals surface area contributed by atoms with Gasteiger partial charge in [-0.2, -0.15) is 5.26 Å². The predicted octanol–water partition coefficient (Wildman–Crippen LogP) is 1.50. The van der Waals surface area contributed by atoms with Crippen molar-refractivity contribution in [2.75, 3.05) is 18.6 Å². The highest BCUT2D eigenvalue weighted by molar-refractivity contribution is 6.00. The summed E-state index contributed by atoms with van der Waals surface area (Å²) in [7, 11) is 1.60. The molecule has 1 aromatic heterocycles. The van der Waals surface area contributed by atoms with Gasteiger partial charge in [0.2, 0.25) is 0 Å². The molecule has 0 spiro atoms. The molecule has 0 fully saturated rings. The number of rotatable bonds is 4. The predicted molar refractivity (Wildman–Crippen MR) is 106 cm³/mol. The minimum absolute atomic E-state index is 0.0331. The Morgan fingerprint density at radius 3 is 2.90 bits per heavy atom. The number of nitrogens with zero attached hydrogens (tertiary/aromatic N) is 6. The summed E-state index contributed by atoms with van der Waals surface area (Å²) in [6.45, 7) is 5.54. The average molecular weight is 413 g/mol. The lowest BCUT2D eigenvalue weighted by Gasteiger charge is -2.23. The van der Waals surface area contributed by atoms with Gasteiger partial charge in [-0.15, -0.1) is 5.10 Å². The number of aryl methyl sites for hydroxylation is 1. The number of likely N-dealkylation sites (N-methyl/N-ethyl adjacent to an activating group) is 1. The van der Waals surface area contributed by atoms with E-state index in [9.17, 15) is 9.59 Å². The highest BCUT2D eigenvalue weighted by Crippen LogP contribution is 2.34. The van der Waals surface area contributed by atoms with Crippen LogP contribution < -0.4 is 15.0 Å². The SMILES string of the molecule is CN1C(=O)[C@@H](NC(=O)OC(C)(C)C)COc2ccc(-c3nnnn3CCC#N)cc21. The lowest BCUT2D eigenvalue weighted by atomic mass is 10.1. The van der Waals surface area contributed by atoms with Crippen molar-refractivity contribution in [3.8, 4) is 23.2 Å². The molecule has 0 bridgehead atoms. The molecule has 1 aliphatic rings. The Hall–Kier alpha value is -3.68. The third kappa shape index (κ3) is 4.65. The van der Waals surface area contributed by atoms with Gasteiger partial charge in [0.05, 0.1) is 24.7 Å². The maximum atomic E-state index is 12.9. The molecule has 1 aromatic carbocycles. The van der Waals surface area contributed by atoms with Crippen LogP contribution in [0.3, 0.4) is 0 Å². The summed E-state index contributed by atoms with van der Waals surface area (Å²) in [5.41, 5.74) is 0.497. The van der Waals surface area contributed by atoms with E-state index in [1.807, 2.05) is 0 Å². The van der Waals surface area contributed by atoms with E-state index in [4.69, 9.17) is 14.7 Å². The fourth-order valence-electron chi connectivity index (χ4n) is 2.91. The van der Waals surface area contributed by atoms with Gasteiger partial charge in [-0.25, -0.2) is 9.48 Å². The van der Waals surface area contributed by atoms with Gasteiger partial charge in [0.25, 0.3) is 5.91 Å². The molecule has 158 valence electrons. The van der Waals surface area contributed by atoms with Gasteiger partial charge in [-0.05, 0) is 49.4 Å². The molecule has 2 aromatic rings. The maximum absolute atomic E-state index is 12.9. The Labute approximate surface area is 173 Å². The van der Waals surface area contributed by atoms with Crippen LogP contribution in [0.25, 0.3) is 11.4 Å². The minimum atomic E-state index is -0.901. The number of carbonyl (C=O) groups is 2. The van der Waals surface area contributed by atoms with Crippen molar-refractivity contribution in [3.63, 3.8) is 0 Å². The van der Waals surface area contributed by atoms with Crippen LogP contribution in [0.2, 0.25) is 0 Å². The molecule has 0 aliphatic carbocycles. The summed E-state index contributed by atoms with van der Waals surface area (Å²) < 4.78 is 12.5. The molecule has 0 radical (unpaired) electrons. The van der Waals surface area contributed by atoms with Crippen molar-refractivity contribution in [1.82, 2.24) is 25.5 Å². The number of nitrogens with one attached hydrogen (secondary N) is 1. The number of benzene rings is 1. The van der Waals surface area contributed by atoms with Gasteiger partial charge < -0.3 is 19.7 Å². The van der Waals surface area contributed by atoms with Crippen LogP contribution in [0.5, 0.6) is 5.75 Å². The van der Waals surface area contributed by atoms with Crippen LogP contribution in [0.15, 0.2) is 18.2 Å². The standard InChI is InChI=1S/C19H23N7O4/c1-19(2,3)30-18(28)21-13-11-29-15-7-6-12(10-14(15)25(4)17(13)27)16-22-23-24-26(16)9-5-8-20/h6-7,10,13H,5,9,11H2,1-4H3,(H,21,28)/t13-/m0/s1. The first-order valence-corrected chi connectivity index (χ1v) is 9.37. The Morgan fingerprint density at radius 1 is 1.43 bits per heavy atom.